The summed E-state index contributed by atoms with van der Waals surface area (Å²) in [5.41, 5.74) is 3.09. The van der Waals surface area contributed by atoms with Gasteiger partial charge in [-0.1, -0.05) is 63.2 Å². The van der Waals surface area contributed by atoms with Crippen LogP contribution in [-0.2, 0) is 5.41 Å². The number of aromatic carboxylic acids is 1. The number of rotatable bonds is 2. The Hall–Kier alpha value is -2.09. The standard InChI is InChI=1S/C17H18O2/c1-17(2,3)14-11-7-10-13(16(18)19)15(14)12-8-5-4-6-9-12/h4-11H,1-3H3,(H,18,19). The minimum atomic E-state index is -0.884. The maximum absolute atomic E-state index is 11.5. The van der Waals surface area contributed by atoms with Gasteiger partial charge in [0.2, 0.25) is 0 Å². The average molecular weight is 254 g/mol. The zero-order valence-electron chi connectivity index (χ0n) is 11.5. The van der Waals surface area contributed by atoms with Gasteiger partial charge in [0, 0.05) is 0 Å². The van der Waals surface area contributed by atoms with Gasteiger partial charge in [0.1, 0.15) is 0 Å². The zero-order valence-corrected chi connectivity index (χ0v) is 11.5. The maximum atomic E-state index is 11.5. The molecule has 2 nitrogen and oxygen atoms in total. The zero-order chi connectivity index (χ0) is 14.0. The number of benzene rings is 2. The minimum absolute atomic E-state index is 0.101. The fourth-order valence-electron chi connectivity index (χ4n) is 2.27. The monoisotopic (exact) mass is 254 g/mol. The van der Waals surface area contributed by atoms with Crippen LogP contribution in [0.3, 0.4) is 0 Å². The third-order valence-electron chi connectivity index (χ3n) is 3.17. The molecule has 2 heteroatoms. The molecule has 2 rings (SSSR count). The van der Waals surface area contributed by atoms with E-state index in [1.165, 1.54) is 0 Å². The van der Waals surface area contributed by atoms with E-state index in [0.717, 1.165) is 16.7 Å². The molecule has 0 amide bonds. The van der Waals surface area contributed by atoms with Crippen molar-refractivity contribution in [2.45, 2.75) is 26.2 Å². The Morgan fingerprint density at radius 3 is 2.11 bits per heavy atom. The van der Waals surface area contributed by atoms with E-state index >= 15 is 0 Å². The Bertz CT molecular complexity index is 592. The molecule has 0 heterocycles. The minimum Gasteiger partial charge on any atom is -0.478 e. The molecule has 0 aliphatic rings. The highest BCUT2D eigenvalue weighted by atomic mass is 16.4. The van der Waals surface area contributed by atoms with Crippen molar-refractivity contribution in [3.63, 3.8) is 0 Å². The van der Waals surface area contributed by atoms with E-state index in [2.05, 4.69) is 20.8 Å². The fourth-order valence-corrected chi connectivity index (χ4v) is 2.27. The predicted molar refractivity (Wildman–Crippen MR) is 77.5 cm³/mol. The van der Waals surface area contributed by atoms with E-state index < -0.39 is 5.97 Å². The van der Waals surface area contributed by atoms with E-state index in [1.807, 2.05) is 42.5 Å². The molecule has 2 aromatic rings. The van der Waals surface area contributed by atoms with E-state index in [-0.39, 0.29) is 5.41 Å². The first-order chi connectivity index (χ1) is 8.91. The number of carboxylic acid groups (broad SMARTS) is 1. The third kappa shape index (κ3) is 2.68. The van der Waals surface area contributed by atoms with Crippen molar-refractivity contribution < 1.29 is 9.90 Å². The lowest BCUT2D eigenvalue weighted by Gasteiger charge is -2.24. The van der Waals surface area contributed by atoms with Crippen LogP contribution in [0.15, 0.2) is 48.5 Å². The van der Waals surface area contributed by atoms with Gasteiger partial charge in [-0.25, -0.2) is 4.79 Å². The van der Waals surface area contributed by atoms with E-state index in [0.29, 0.717) is 5.56 Å². The van der Waals surface area contributed by atoms with Crippen molar-refractivity contribution in [3.05, 3.63) is 59.7 Å². The normalized spacial score (nSPS) is 11.3. The van der Waals surface area contributed by atoms with Crippen molar-refractivity contribution in [3.8, 4) is 11.1 Å². The lowest BCUT2D eigenvalue weighted by Crippen LogP contribution is -2.15. The molecule has 0 aliphatic heterocycles. The summed E-state index contributed by atoms with van der Waals surface area (Å²) in [5, 5.41) is 9.42. The molecule has 0 atom stereocenters. The highest BCUT2D eigenvalue weighted by Crippen LogP contribution is 2.35. The van der Waals surface area contributed by atoms with Crippen LogP contribution in [0.4, 0.5) is 0 Å². The van der Waals surface area contributed by atoms with Gasteiger partial charge < -0.3 is 5.11 Å². The maximum Gasteiger partial charge on any atom is 0.336 e. The van der Waals surface area contributed by atoms with Crippen LogP contribution in [0, 0.1) is 0 Å². The number of hydrogen-bond donors (Lipinski definition) is 1. The van der Waals surface area contributed by atoms with E-state index in [9.17, 15) is 9.90 Å². The molecular formula is C17H18O2. The Balaban J connectivity index is 2.78. The average Bonchev–Trinajstić information content (AvgIpc) is 2.37. The number of carbonyl (C=O) groups is 1. The molecule has 0 spiro atoms. The first-order valence-corrected chi connectivity index (χ1v) is 6.33. The molecule has 0 unspecified atom stereocenters. The lowest BCUT2D eigenvalue weighted by molar-refractivity contribution is 0.0697. The Labute approximate surface area is 113 Å². The largest absolute Gasteiger partial charge is 0.478 e. The molecule has 0 bridgehead atoms. The molecule has 0 fully saturated rings. The highest BCUT2D eigenvalue weighted by Gasteiger charge is 2.23. The van der Waals surface area contributed by atoms with Crippen LogP contribution >= 0.6 is 0 Å². The summed E-state index contributed by atoms with van der Waals surface area (Å²) in [6.07, 6.45) is 0. The lowest BCUT2D eigenvalue weighted by atomic mass is 9.80. The van der Waals surface area contributed by atoms with Crippen molar-refractivity contribution >= 4 is 5.97 Å². The van der Waals surface area contributed by atoms with Gasteiger partial charge >= 0.3 is 5.97 Å². The van der Waals surface area contributed by atoms with Crippen molar-refractivity contribution in [1.29, 1.82) is 0 Å². The summed E-state index contributed by atoms with van der Waals surface area (Å²) in [6, 6.07) is 15.2. The van der Waals surface area contributed by atoms with Crippen LogP contribution in [0.25, 0.3) is 11.1 Å². The molecule has 0 saturated heterocycles. The van der Waals surface area contributed by atoms with Gasteiger partial charge in [0.25, 0.3) is 0 Å². The smallest absolute Gasteiger partial charge is 0.336 e. The van der Waals surface area contributed by atoms with Crippen molar-refractivity contribution in [2.75, 3.05) is 0 Å². The molecule has 0 radical (unpaired) electrons. The summed E-state index contributed by atoms with van der Waals surface area (Å²) in [5.74, 6) is -0.884. The van der Waals surface area contributed by atoms with Gasteiger partial charge in [-0.2, -0.15) is 0 Å². The van der Waals surface area contributed by atoms with Crippen LogP contribution < -0.4 is 0 Å². The molecule has 0 saturated carbocycles. The van der Waals surface area contributed by atoms with E-state index in [1.54, 1.807) is 6.07 Å². The Morgan fingerprint density at radius 2 is 1.58 bits per heavy atom. The van der Waals surface area contributed by atoms with Crippen LogP contribution in [0.2, 0.25) is 0 Å². The molecule has 19 heavy (non-hydrogen) atoms. The first-order valence-electron chi connectivity index (χ1n) is 6.33. The molecule has 0 aliphatic carbocycles. The molecule has 2 aromatic carbocycles. The van der Waals surface area contributed by atoms with Crippen LogP contribution in [0.1, 0.15) is 36.7 Å². The van der Waals surface area contributed by atoms with Crippen molar-refractivity contribution in [1.82, 2.24) is 0 Å². The highest BCUT2D eigenvalue weighted by molar-refractivity contribution is 5.97. The molecular weight excluding hydrogens is 236 g/mol. The summed E-state index contributed by atoms with van der Waals surface area (Å²) in [4.78, 5) is 11.5. The molecule has 1 N–H and O–H groups in total. The topological polar surface area (TPSA) is 37.3 Å². The van der Waals surface area contributed by atoms with Gasteiger partial charge in [0.05, 0.1) is 5.56 Å². The second kappa shape index (κ2) is 4.88. The van der Waals surface area contributed by atoms with Gasteiger partial charge in [-0.05, 0) is 28.2 Å². The SMILES string of the molecule is CC(C)(C)c1cccc(C(=O)O)c1-c1ccccc1. The van der Waals surface area contributed by atoms with Crippen molar-refractivity contribution in [2.24, 2.45) is 0 Å². The molecule has 98 valence electrons. The first kappa shape index (κ1) is 13.3. The quantitative estimate of drug-likeness (QED) is 0.865. The second-order valence-electron chi connectivity index (χ2n) is 5.65. The van der Waals surface area contributed by atoms with E-state index in [4.69, 9.17) is 0 Å². The predicted octanol–water partition coefficient (Wildman–Crippen LogP) is 4.35. The van der Waals surface area contributed by atoms with Crippen LogP contribution in [0.5, 0.6) is 0 Å². The van der Waals surface area contributed by atoms with Crippen LogP contribution in [-0.4, -0.2) is 11.1 Å². The van der Waals surface area contributed by atoms with Gasteiger partial charge in [-0.15, -0.1) is 0 Å². The summed E-state index contributed by atoms with van der Waals surface area (Å²) < 4.78 is 0. The number of carboxylic acids is 1. The summed E-state index contributed by atoms with van der Waals surface area (Å²) in [6.45, 7) is 6.29. The number of hydrogen-bond acceptors (Lipinski definition) is 1. The summed E-state index contributed by atoms with van der Waals surface area (Å²) >= 11 is 0. The summed E-state index contributed by atoms with van der Waals surface area (Å²) in [7, 11) is 0. The third-order valence-corrected chi connectivity index (χ3v) is 3.17. The Kier molecular flexibility index (Phi) is 3.43. The fraction of sp³-hybridized carbons (Fsp3) is 0.235. The Morgan fingerprint density at radius 1 is 0.947 bits per heavy atom. The van der Waals surface area contributed by atoms with Gasteiger partial charge in [0.15, 0.2) is 0 Å². The van der Waals surface area contributed by atoms with Gasteiger partial charge in [-0.3, -0.25) is 0 Å². The second-order valence-corrected chi connectivity index (χ2v) is 5.65. The molecule has 0 aromatic heterocycles.